The van der Waals surface area contributed by atoms with Gasteiger partial charge in [0.15, 0.2) is 5.03 Å². The number of ether oxygens (including phenoxy) is 1. The first-order chi connectivity index (χ1) is 12.8. The zero-order valence-corrected chi connectivity index (χ0v) is 14.6. The molecule has 0 saturated carbocycles. The van der Waals surface area contributed by atoms with Crippen LogP contribution in [0.5, 0.6) is 5.75 Å². The van der Waals surface area contributed by atoms with E-state index in [1.54, 1.807) is 24.3 Å². The molecule has 1 unspecified atom stereocenters. The summed E-state index contributed by atoms with van der Waals surface area (Å²) in [7, 11) is -0.317. The Balaban J connectivity index is 1.79. The number of alkyl halides is 3. The van der Waals surface area contributed by atoms with E-state index in [-0.39, 0.29) is 21.9 Å². The van der Waals surface area contributed by atoms with Crippen LogP contribution in [0.15, 0.2) is 40.4 Å². The van der Waals surface area contributed by atoms with E-state index in [4.69, 9.17) is 4.74 Å². The second-order valence-electron chi connectivity index (χ2n) is 5.33. The van der Waals surface area contributed by atoms with Gasteiger partial charge in [0.2, 0.25) is 5.65 Å². The molecule has 0 aliphatic heterocycles. The lowest BCUT2D eigenvalue weighted by atomic mass is 10.2. The average molecular weight is 402 g/mol. The Bertz CT molecular complexity index is 1030. The molecule has 27 heavy (non-hydrogen) atoms. The van der Waals surface area contributed by atoms with Crippen molar-refractivity contribution < 1.29 is 22.1 Å². The van der Waals surface area contributed by atoms with Gasteiger partial charge in [-0.05, 0) is 17.7 Å². The van der Waals surface area contributed by atoms with Gasteiger partial charge < -0.3 is 4.74 Å². The van der Waals surface area contributed by atoms with E-state index in [2.05, 4.69) is 20.0 Å². The monoisotopic (exact) mass is 402 g/mol. The average Bonchev–Trinajstić information content (AvgIpc) is 3.06. The number of nitrogens with zero attached hydrogens (tertiary/aromatic N) is 5. The summed E-state index contributed by atoms with van der Waals surface area (Å²) in [6, 6.07) is 7.01. The molecule has 0 aliphatic carbocycles. The first-order valence-corrected chi connectivity index (χ1v) is 8.59. The van der Waals surface area contributed by atoms with Crippen LogP contribution in [-0.4, -0.2) is 41.9 Å². The molecule has 0 spiro atoms. The lowest BCUT2D eigenvalue weighted by molar-refractivity contribution is -0.144. The van der Waals surface area contributed by atoms with Gasteiger partial charge in [-0.2, -0.15) is 17.9 Å². The molecule has 1 aromatic carbocycles. The molecule has 144 valence electrons. The molecular formula is C14H13F3N6O3S. The number of halogens is 3. The summed E-state index contributed by atoms with van der Waals surface area (Å²) in [6.45, 7) is -1.37. The lowest BCUT2D eigenvalue weighted by Crippen LogP contribution is -2.34. The molecule has 3 aromatic rings. The third kappa shape index (κ3) is 4.31. The maximum atomic E-state index is 12.4. The summed E-state index contributed by atoms with van der Waals surface area (Å²) in [6.07, 6.45) is -3.67. The SMILES string of the molecule is COc1ccc(CNS(=O)c2ncn3c(=O)n(CC(F)(F)F)nnc23)cc1. The first-order valence-electron chi connectivity index (χ1n) is 7.44. The second-order valence-corrected chi connectivity index (χ2v) is 6.54. The zero-order chi connectivity index (χ0) is 19.6. The fourth-order valence-corrected chi connectivity index (χ4v) is 3.06. The van der Waals surface area contributed by atoms with Crippen molar-refractivity contribution in [2.45, 2.75) is 24.3 Å². The van der Waals surface area contributed by atoms with Gasteiger partial charge in [-0.15, -0.1) is 5.10 Å². The standard InChI is InChI=1S/C14H13F3N6O3S/c1-26-10-4-2-9(3-5-10)6-19-27(25)12-11-20-21-23(7-14(15,16)17)13(24)22(11)8-18-12/h2-5,8,19H,6-7H2,1H3. The van der Waals surface area contributed by atoms with E-state index in [9.17, 15) is 22.2 Å². The summed E-state index contributed by atoms with van der Waals surface area (Å²) >= 11 is 0. The molecule has 0 saturated heterocycles. The maximum Gasteiger partial charge on any atom is 0.408 e. The van der Waals surface area contributed by atoms with Gasteiger partial charge in [0, 0.05) is 6.54 Å². The second kappa shape index (κ2) is 7.44. The van der Waals surface area contributed by atoms with Gasteiger partial charge in [0.25, 0.3) is 0 Å². The van der Waals surface area contributed by atoms with Crippen LogP contribution in [0.1, 0.15) is 5.56 Å². The van der Waals surface area contributed by atoms with E-state index in [0.29, 0.717) is 5.75 Å². The fraction of sp³-hybridized carbons (Fsp3) is 0.286. The normalized spacial score (nSPS) is 13.0. The smallest absolute Gasteiger partial charge is 0.408 e. The Kier molecular flexibility index (Phi) is 5.23. The zero-order valence-electron chi connectivity index (χ0n) is 13.8. The van der Waals surface area contributed by atoms with Gasteiger partial charge in [-0.25, -0.2) is 23.1 Å². The molecule has 0 radical (unpaired) electrons. The van der Waals surface area contributed by atoms with Crippen LogP contribution in [0.4, 0.5) is 13.2 Å². The number of imidazole rings is 1. The minimum Gasteiger partial charge on any atom is -0.497 e. The summed E-state index contributed by atoms with van der Waals surface area (Å²) in [5.74, 6) is 0.672. The summed E-state index contributed by atoms with van der Waals surface area (Å²) in [5.41, 5.74) is -0.450. The first kappa shape index (κ1) is 19.0. The minimum absolute atomic E-state index is 0.104. The molecule has 0 bridgehead atoms. The van der Waals surface area contributed by atoms with Gasteiger partial charge in [0.1, 0.15) is 29.6 Å². The number of fused-ring (bicyclic) bond motifs is 1. The molecule has 13 heteroatoms. The number of aromatic nitrogens is 5. The van der Waals surface area contributed by atoms with Crippen molar-refractivity contribution >= 4 is 16.6 Å². The largest absolute Gasteiger partial charge is 0.497 e. The van der Waals surface area contributed by atoms with E-state index in [0.717, 1.165) is 16.3 Å². The summed E-state index contributed by atoms with van der Waals surface area (Å²) < 4.78 is 58.4. The Morgan fingerprint density at radius 2 is 1.96 bits per heavy atom. The number of benzene rings is 1. The van der Waals surface area contributed by atoms with Gasteiger partial charge in [0.05, 0.1) is 7.11 Å². The van der Waals surface area contributed by atoms with Crippen LogP contribution in [0, 0.1) is 0 Å². The molecule has 0 amide bonds. The predicted octanol–water partition coefficient (Wildman–Crippen LogP) is 0.669. The van der Waals surface area contributed by atoms with Crippen LogP contribution in [-0.2, 0) is 24.1 Å². The number of methoxy groups -OCH3 is 1. The van der Waals surface area contributed by atoms with E-state index in [1.807, 2.05) is 0 Å². The molecular weight excluding hydrogens is 389 g/mol. The number of hydrogen-bond donors (Lipinski definition) is 1. The Morgan fingerprint density at radius 1 is 1.26 bits per heavy atom. The molecule has 0 aliphatic rings. The van der Waals surface area contributed by atoms with E-state index >= 15 is 0 Å². The number of hydrogen-bond acceptors (Lipinski definition) is 6. The minimum atomic E-state index is -4.63. The molecule has 2 aromatic heterocycles. The van der Waals surface area contributed by atoms with Crippen molar-refractivity contribution in [1.82, 2.24) is 29.1 Å². The molecule has 1 N–H and O–H groups in total. The van der Waals surface area contributed by atoms with Crippen molar-refractivity contribution in [2.24, 2.45) is 0 Å². The highest BCUT2D eigenvalue weighted by Crippen LogP contribution is 2.16. The Morgan fingerprint density at radius 3 is 2.59 bits per heavy atom. The highest BCUT2D eigenvalue weighted by atomic mass is 32.2. The van der Waals surface area contributed by atoms with Crippen LogP contribution in [0.2, 0.25) is 0 Å². The Labute approximate surface area is 152 Å². The van der Waals surface area contributed by atoms with E-state index < -0.39 is 29.4 Å². The molecule has 3 rings (SSSR count). The van der Waals surface area contributed by atoms with Crippen molar-refractivity contribution in [3.63, 3.8) is 0 Å². The third-order valence-corrected chi connectivity index (χ3v) is 4.50. The van der Waals surface area contributed by atoms with Gasteiger partial charge in [-0.3, -0.25) is 0 Å². The molecule has 1 atom stereocenters. The van der Waals surface area contributed by atoms with Crippen molar-refractivity contribution in [2.75, 3.05) is 7.11 Å². The third-order valence-electron chi connectivity index (χ3n) is 3.46. The van der Waals surface area contributed by atoms with Crippen molar-refractivity contribution in [3.8, 4) is 5.75 Å². The predicted molar refractivity (Wildman–Crippen MR) is 87.3 cm³/mol. The number of nitrogens with one attached hydrogen (secondary N) is 1. The topological polar surface area (TPSA) is 103 Å². The van der Waals surface area contributed by atoms with Crippen LogP contribution in [0.25, 0.3) is 5.65 Å². The summed E-state index contributed by atoms with van der Waals surface area (Å²) in [4.78, 5) is 15.9. The molecule has 9 nitrogen and oxygen atoms in total. The lowest BCUT2D eigenvalue weighted by Gasteiger charge is -2.07. The van der Waals surface area contributed by atoms with Gasteiger partial charge in [-0.1, -0.05) is 17.3 Å². The van der Waals surface area contributed by atoms with Crippen molar-refractivity contribution in [3.05, 3.63) is 46.6 Å². The fourth-order valence-electron chi connectivity index (χ4n) is 2.18. The highest BCUT2D eigenvalue weighted by molar-refractivity contribution is 7.83. The van der Waals surface area contributed by atoms with Crippen LogP contribution in [0.3, 0.4) is 0 Å². The van der Waals surface area contributed by atoms with Gasteiger partial charge >= 0.3 is 11.9 Å². The maximum absolute atomic E-state index is 12.4. The van der Waals surface area contributed by atoms with Crippen molar-refractivity contribution in [1.29, 1.82) is 0 Å². The molecule has 0 fully saturated rings. The summed E-state index contributed by atoms with van der Waals surface area (Å²) in [5, 5.41) is 6.69. The quantitative estimate of drug-likeness (QED) is 0.650. The van der Waals surface area contributed by atoms with Crippen LogP contribution >= 0.6 is 0 Å². The number of rotatable bonds is 6. The molecule has 2 heterocycles. The Hall–Kier alpha value is -2.80. The van der Waals surface area contributed by atoms with E-state index in [1.165, 1.54) is 7.11 Å². The highest BCUT2D eigenvalue weighted by Gasteiger charge is 2.30. The van der Waals surface area contributed by atoms with Crippen LogP contribution < -0.4 is 15.1 Å².